The summed E-state index contributed by atoms with van der Waals surface area (Å²) in [6.07, 6.45) is 1.91. The monoisotopic (exact) mass is 261 g/mol. The molecule has 5 heteroatoms. The van der Waals surface area contributed by atoms with Crippen molar-refractivity contribution in [2.24, 2.45) is 7.05 Å². The second-order valence-corrected chi connectivity index (χ2v) is 4.66. The van der Waals surface area contributed by atoms with Crippen LogP contribution in [-0.2, 0) is 13.6 Å². The number of hydrogen-bond acceptors (Lipinski definition) is 3. The number of benzene rings is 1. The summed E-state index contributed by atoms with van der Waals surface area (Å²) in [5, 5.41) is 7.10. The van der Waals surface area contributed by atoms with E-state index in [0.29, 0.717) is 12.1 Å². The quantitative estimate of drug-likeness (QED) is 0.830. The number of thiol groups is 1. The molecule has 0 radical (unpaired) electrons. The average Bonchev–Trinajstić information content (AvgIpc) is 2.65. The van der Waals surface area contributed by atoms with E-state index < -0.39 is 0 Å². The van der Waals surface area contributed by atoms with Gasteiger partial charge in [-0.25, -0.2) is 0 Å². The Kier molecular flexibility index (Phi) is 3.72. The maximum atomic E-state index is 11.9. The first kappa shape index (κ1) is 12.7. The summed E-state index contributed by atoms with van der Waals surface area (Å²) < 4.78 is 1.74. The van der Waals surface area contributed by atoms with E-state index in [1.807, 2.05) is 32.3 Å². The minimum atomic E-state index is -0.103. The van der Waals surface area contributed by atoms with Crippen LogP contribution in [0.15, 0.2) is 35.4 Å². The van der Waals surface area contributed by atoms with Gasteiger partial charge in [-0.1, -0.05) is 6.07 Å². The summed E-state index contributed by atoms with van der Waals surface area (Å²) in [4.78, 5) is 12.7. The molecule has 1 amide bonds. The van der Waals surface area contributed by atoms with Crippen LogP contribution in [0.2, 0.25) is 0 Å². The van der Waals surface area contributed by atoms with Gasteiger partial charge in [-0.05, 0) is 25.1 Å². The van der Waals surface area contributed by atoms with E-state index in [0.717, 1.165) is 16.2 Å². The molecule has 18 heavy (non-hydrogen) atoms. The molecule has 1 N–H and O–H groups in total. The minimum Gasteiger partial charge on any atom is -0.348 e. The molecular weight excluding hydrogens is 246 g/mol. The number of carbonyl (C=O) groups excluding carboxylic acids is 1. The molecule has 0 atom stereocenters. The van der Waals surface area contributed by atoms with E-state index in [1.54, 1.807) is 16.8 Å². The largest absolute Gasteiger partial charge is 0.348 e. The molecule has 0 bridgehead atoms. The first-order valence-electron chi connectivity index (χ1n) is 5.62. The molecule has 0 aliphatic rings. The normalized spacial score (nSPS) is 10.4. The van der Waals surface area contributed by atoms with Crippen molar-refractivity contribution >= 4 is 18.5 Å². The molecule has 0 aliphatic carbocycles. The molecule has 0 fully saturated rings. The molecule has 0 aliphatic heterocycles. The zero-order valence-corrected chi connectivity index (χ0v) is 11.2. The van der Waals surface area contributed by atoms with E-state index in [2.05, 4.69) is 23.0 Å². The third-order valence-corrected chi connectivity index (χ3v) is 2.94. The number of nitrogens with one attached hydrogen (secondary N) is 1. The average molecular weight is 261 g/mol. The third kappa shape index (κ3) is 2.92. The number of carbonyl (C=O) groups is 1. The van der Waals surface area contributed by atoms with Crippen molar-refractivity contribution in [2.75, 3.05) is 0 Å². The van der Waals surface area contributed by atoms with Gasteiger partial charge in [-0.3, -0.25) is 9.48 Å². The van der Waals surface area contributed by atoms with Crippen LogP contribution >= 0.6 is 12.6 Å². The van der Waals surface area contributed by atoms with Gasteiger partial charge in [0.25, 0.3) is 5.91 Å². The van der Waals surface area contributed by atoms with Crippen LogP contribution < -0.4 is 5.32 Å². The molecular formula is C13H15N3OS. The number of rotatable bonds is 3. The Morgan fingerprint density at radius 2 is 2.28 bits per heavy atom. The molecule has 2 aromatic rings. The molecule has 94 valence electrons. The lowest BCUT2D eigenvalue weighted by molar-refractivity contribution is 0.0950. The molecule has 0 spiro atoms. The van der Waals surface area contributed by atoms with Crippen LogP contribution in [0.5, 0.6) is 0 Å². The molecule has 1 aromatic carbocycles. The maximum Gasteiger partial charge on any atom is 0.251 e. The van der Waals surface area contributed by atoms with Gasteiger partial charge < -0.3 is 5.32 Å². The predicted octanol–water partition coefficient (Wildman–Crippen LogP) is 1.95. The Labute approximate surface area is 111 Å². The van der Waals surface area contributed by atoms with Crippen LogP contribution in [0.4, 0.5) is 0 Å². The van der Waals surface area contributed by atoms with E-state index in [-0.39, 0.29) is 5.91 Å². The van der Waals surface area contributed by atoms with Crippen molar-refractivity contribution in [1.29, 1.82) is 0 Å². The summed E-state index contributed by atoms with van der Waals surface area (Å²) in [5.41, 5.74) is 2.57. The molecule has 0 unspecified atom stereocenters. The Morgan fingerprint density at radius 1 is 1.50 bits per heavy atom. The first-order valence-corrected chi connectivity index (χ1v) is 6.07. The maximum absolute atomic E-state index is 11.9. The van der Waals surface area contributed by atoms with Gasteiger partial charge in [0.1, 0.15) is 0 Å². The number of aromatic nitrogens is 2. The highest BCUT2D eigenvalue weighted by Crippen LogP contribution is 2.09. The zero-order valence-electron chi connectivity index (χ0n) is 10.3. The summed E-state index contributed by atoms with van der Waals surface area (Å²) in [7, 11) is 1.86. The highest BCUT2D eigenvalue weighted by Gasteiger charge is 2.07. The Morgan fingerprint density at radius 3 is 2.89 bits per heavy atom. The molecule has 4 nitrogen and oxygen atoms in total. The lowest BCUT2D eigenvalue weighted by Crippen LogP contribution is -2.22. The lowest BCUT2D eigenvalue weighted by Gasteiger charge is -2.04. The zero-order chi connectivity index (χ0) is 13.1. The Hall–Kier alpha value is -1.75. The van der Waals surface area contributed by atoms with Crippen molar-refractivity contribution in [3.8, 4) is 0 Å². The number of nitrogens with zero attached hydrogens (tertiary/aromatic N) is 2. The molecule has 0 saturated heterocycles. The standard InChI is InChI=1S/C13H15N3OS/c1-9-11(8-16(2)15-9)7-14-13(17)10-4-3-5-12(18)6-10/h3-6,8,18H,7H2,1-2H3,(H,14,17). The SMILES string of the molecule is Cc1nn(C)cc1CNC(=O)c1cccc(S)c1. The molecule has 1 aromatic heterocycles. The van der Waals surface area contributed by atoms with Gasteiger partial charge in [-0.15, -0.1) is 12.6 Å². The van der Waals surface area contributed by atoms with Crippen molar-refractivity contribution in [3.05, 3.63) is 47.3 Å². The van der Waals surface area contributed by atoms with Crippen molar-refractivity contribution in [3.63, 3.8) is 0 Å². The smallest absolute Gasteiger partial charge is 0.251 e. The van der Waals surface area contributed by atoms with Crippen molar-refractivity contribution in [1.82, 2.24) is 15.1 Å². The van der Waals surface area contributed by atoms with Gasteiger partial charge in [0, 0.05) is 35.8 Å². The number of aryl methyl sites for hydroxylation is 2. The van der Waals surface area contributed by atoms with Crippen LogP contribution in [0.1, 0.15) is 21.6 Å². The lowest BCUT2D eigenvalue weighted by atomic mass is 10.2. The molecule has 1 heterocycles. The van der Waals surface area contributed by atoms with E-state index >= 15 is 0 Å². The summed E-state index contributed by atoms with van der Waals surface area (Å²) in [6.45, 7) is 2.41. The molecule has 2 rings (SSSR count). The predicted molar refractivity (Wildman–Crippen MR) is 72.8 cm³/mol. The van der Waals surface area contributed by atoms with E-state index in [1.165, 1.54) is 0 Å². The second kappa shape index (κ2) is 5.27. The Balaban J connectivity index is 2.02. The fourth-order valence-corrected chi connectivity index (χ4v) is 1.97. The summed E-state index contributed by atoms with van der Waals surface area (Å²) in [6, 6.07) is 7.16. The molecule has 0 saturated carbocycles. The van der Waals surface area contributed by atoms with Crippen LogP contribution in [0.3, 0.4) is 0 Å². The highest BCUT2D eigenvalue weighted by atomic mass is 32.1. The number of hydrogen-bond donors (Lipinski definition) is 2. The van der Waals surface area contributed by atoms with Crippen molar-refractivity contribution in [2.45, 2.75) is 18.4 Å². The minimum absolute atomic E-state index is 0.103. The van der Waals surface area contributed by atoms with E-state index in [4.69, 9.17) is 0 Å². The first-order chi connectivity index (χ1) is 8.56. The topological polar surface area (TPSA) is 46.9 Å². The van der Waals surface area contributed by atoms with Gasteiger partial charge in [-0.2, -0.15) is 5.10 Å². The van der Waals surface area contributed by atoms with E-state index in [9.17, 15) is 4.79 Å². The Bertz CT molecular complexity index is 577. The second-order valence-electron chi connectivity index (χ2n) is 4.15. The fourth-order valence-electron chi connectivity index (χ4n) is 1.75. The fraction of sp³-hybridized carbons (Fsp3) is 0.231. The third-order valence-electron chi connectivity index (χ3n) is 2.66. The van der Waals surface area contributed by atoms with Gasteiger partial charge in [0.05, 0.1) is 5.69 Å². The van der Waals surface area contributed by atoms with Gasteiger partial charge in [0.15, 0.2) is 0 Å². The van der Waals surface area contributed by atoms with Crippen molar-refractivity contribution < 1.29 is 4.79 Å². The number of amides is 1. The summed E-state index contributed by atoms with van der Waals surface area (Å²) >= 11 is 4.21. The van der Waals surface area contributed by atoms with Gasteiger partial charge >= 0.3 is 0 Å². The summed E-state index contributed by atoms with van der Waals surface area (Å²) in [5.74, 6) is -0.103. The van der Waals surface area contributed by atoms with Crippen LogP contribution in [0.25, 0.3) is 0 Å². The highest BCUT2D eigenvalue weighted by molar-refractivity contribution is 7.80. The van der Waals surface area contributed by atoms with Gasteiger partial charge in [0.2, 0.25) is 0 Å². The van der Waals surface area contributed by atoms with Crippen LogP contribution in [0, 0.1) is 6.92 Å². The van der Waals surface area contributed by atoms with Crippen LogP contribution in [-0.4, -0.2) is 15.7 Å².